The second kappa shape index (κ2) is 7.63. The standard InChI is InChI=1S/C11H12Br2ClNO4S/c1-2-3-15-10(16)6-19-11-8(12)4-7(5-9(11)13)20(14,17)18/h4-5H,2-3,6H2,1H3,(H,15,16). The van der Waals surface area contributed by atoms with E-state index < -0.39 is 9.05 Å². The van der Waals surface area contributed by atoms with Gasteiger partial charge in [-0.2, -0.15) is 0 Å². The lowest BCUT2D eigenvalue weighted by Gasteiger charge is -2.11. The first-order valence-electron chi connectivity index (χ1n) is 5.59. The maximum Gasteiger partial charge on any atom is 0.261 e. The molecule has 0 unspecified atom stereocenters. The predicted octanol–water partition coefficient (Wildman–Crippen LogP) is 3.04. The Balaban J connectivity index is 2.85. The van der Waals surface area contributed by atoms with Gasteiger partial charge >= 0.3 is 0 Å². The quantitative estimate of drug-likeness (QED) is 0.678. The highest BCUT2D eigenvalue weighted by molar-refractivity contribution is 9.11. The Labute approximate surface area is 138 Å². The number of carbonyl (C=O) groups is 1. The monoisotopic (exact) mass is 447 g/mol. The number of amides is 1. The molecule has 5 nitrogen and oxygen atoms in total. The average Bonchev–Trinajstić information content (AvgIpc) is 2.34. The highest BCUT2D eigenvalue weighted by Gasteiger charge is 2.17. The molecule has 0 spiro atoms. The van der Waals surface area contributed by atoms with E-state index in [-0.39, 0.29) is 17.4 Å². The van der Waals surface area contributed by atoms with Gasteiger partial charge in [0.2, 0.25) is 0 Å². The molecule has 1 aromatic carbocycles. The molecule has 1 amide bonds. The van der Waals surface area contributed by atoms with Crippen LogP contribution in [0.2, 0.25) is 0 Å². The molecule has 0 saturated heterocycles. The smallest absolute Gasteiger partial charge is 0.261 e. The summed E-state index contributed by atoms with van der Waals surface area (Å²) in [4.78, 5) is 11.4. The molecule has 1 aromatic rings. The Hall–Kier alpha value is -0.310. The number of nitrogens with one attached hydrogen (secondary N) is 1. The summed E-state index contributed by atoms with van der Waals surface area (Å²) in [6.07, 6.45) is 0.835. The Morgan fingerprint density at radius 1 is 1.35 bits per heavy atom. The maximum atomic E-state index is 11.4. The van der Waals surface area contributed by atoms with Crippen LogP contribution in [-0.2, 0) is 13.8 Å². The van der Waals surface area contributed by atoms with Gasteiger partial charge in [-0.25, -0.2) is 8.42 Å². The van der Waals surface area contributed by atoms with Crippen molar-refractivity contribution in [1.82, 2.24) is 5.32 Å². The summed E-state index contributed by atoms with van der Waals surface area (Å²) in [5.74, 6) is 0.0837. The first-order valence-corrected chi connectivity index (χ1v) is 9.48. The van der Waals surface area contributed by atoms with Gasteiger partial charge in [-0.1, -0.05) is 6.92 Å². The maximum absolute atomic E-state index is 11.4. The van der Waals surface area contributed by atoms with Crippen molar-refractivity contribution in [2.24, 2.45) is 0 Å². The Morgan fingerprint density at radius 3 is 2.35 bits per heavy atom. The van der Waals surface area contributed by atoms with E-state index in [4.69, 9.17) is 15.4 Å². The molecule has 1 N–H and O–H groups in total. The Bertz CT molecular complexity index is 583. The summed E-state index contributed by atoms with van der Waals surface area (Å²) in [6, 6.07) is 2.62. The second-order valence-electron chi connectivity index (χ2n) is 3.79. The van der Waals surface area contributed by atoms with Crippen LogP contribution in [0, 0.1) is 0 Å². The van der Waals surface area contributed by atoms with Crippen LogP contribution in [0.5, 0.6) is 5.75 Å². The van der Waals surface area contributed by atoms with Crippen molar-refractivity contribution in [3.8, 4) is 5.75 Å². The number of rotatable bonds is 6. The van der Waals surface area contributed by atoms with Crippen molar-refractivity contribution < 1.29 is 17.9 Å². The van der Waals surface area contributed by atoms with Crippen LogP contribution in [0.3, 0.4) is 0 Å². The highest BCUT2D eigenvalue weighted by Crippen LogP contribution is 2.36. The fourth-order valence-corrected chi connectivity index (χ4v) is 3.77. The third-order valence-corrected chi connectivity index (χ3v) is 4.68. The lowest BCUT2D eigenvalue weighted by atomic mass is 10.3. The van der Waals surface area contributed by atoms with E-state index in [1.54, 1.807) is 0 Å². The van der Waals surface area contributed by atoms with Gasteiger partial charge in [0.05, 0.1) is 13.8 Å². The van der Waals surface area contributed by atoms with Gasteiger partial charge in [-0.05, 0) is 50.4 Å². The van der Waals surface area contributed by atoms with Crippen molar-refractivity contribution in [3.63, 3.8) is 0 Å². The van der Waals surface area contributed by atoms with Crippen LogP contribution >= 0.6 is 42.5 Å². The van der Waals surface area contributed by atoms with Crippen molar-refractivity contribution in [3.05, 3.63) is 21.1 Å². The molecule has 1 rings (SSSR count). The summed E-state index contributed by atoms with van der Waals surface area (Å²) in [5.41, 5.74) is 0. The van der Waals surface area contributed by atoms with Crippen LogP contribution in [0.15, 0.2) is 26.0 Å². The fraction of sp³-hybridized carbons (Fsp3) is 0.364. The molecule has 0 fully saturated rings. The third kappa shape index (κ3) is 5.23. The number of benzene rings is 1. The lowest BCUT2D eigenvalue weighted by Crippen LogP contribution is -2.29. The third-order valence-electron chi connectivity index (χ3n) is 2.17. The van der Waals surface area contributed by atoms with Crippen molar-refractivity contribution in [2.75, 3.05) is 13.2 Å². The van der Waals surface area contributed by atoms with Crippen LogP contribution in [0.25, 0.3) is 0 Å². The molecule has 0 aliphatic rings. The van der Waals surface area contributed by atoms with Gasteiger partial charge < -0.3 is 10.1 Å². The lowest BCUT2D eigenvalue weighted by molar-refractivity contribution is -0.123. The van der Waals surface area contributed by atoms with Gasteiger partial charge in [0, 0.05) is 17.2 Å². The number of carbonyl (C=O) groups excluding carboxylic acids is 1. The van der Waals surface area contributed by atoms with Gasteiger partial charge in [-0.3, -0.25) is 4.79 Å². The van der Waals surface area contributed by atoms with E-state index in [2.05, 4.69) is 37.2 Å². The minimum atomic E-state index is -3.83. The zero-order valence-corrected chi connectivity index (χ0v) is 15.2. The minimum absolute atomic E-state index is 0.0688. The van der Waals surface area contributed by atoms with E-state index in [1.807, 2.05) is 6.92 Å². The zero-order chi connectivity index (χ0) is 15.3. The number of ether oxygens (including phenoxy) is 1. The molecule has 0 heterocycles. The molecule has 112 valence electrons. The van der Waals surface area contributed by atoms with E-state index in [1.165, 1.54) is 12.1 Å². The van der Waals surface area contributed by atoms with Gasteiger partial charge in [0.25, 0.3) is 15.0 Å². The summed E-state index contributed by atoms with van der Waals surface area (Å²) in [6.45, 7) is 2.36. The van der Waals surface area contributed by atoms with E-state index in [0.29, 0.717) is 21.2 Å². The van der Waals surface area contributed by atoms with Crippen molar-refractivity contribution >= 4 is 57.5 Å². The molecule has 0 aliphatic carbocycles. The van der Waals surface area contributed by atoms with Gasteiger partial charge in [-0.15, -0.1) is 0 Å². The molecular weight excluding hydrogens is 437 g/mol. The van der Waals surface area contributed by atoms with E-state index >= 15 is 0 Å². The summed E-state index contributed by atoms with van der Waals surface area (Å²) < 4.78 is 28.6. The zero-order valence-electron chi connectivity index (χ0n) is 10.5. The minimum Gasteiger partial charge on any atom is -0.481 e. The predicted molar refractivity (Wildman–Crippen MR) is 83.7 cm³/mol. The van der Waals surface area contributed by atoms with Gasteiger partial charge in [0.15, 0.2) is 6.61 Å². The molecule has 0 aliphatic heterocycles. The fourth-order valence-electron chi connectivity index (χ4n) is 1.27. The van der Waals surface area contributed by atoms with Crippen molar-refractivity contribution in [2.45, 2.75) is 18.2 Å². The number of hydrogen-bond acceptors (Lipinski definition) is 4. The van der Waals surface area contributed by atoms with Crippen molar-refractivity contribution in [1.29, 1.82) is 0 Å². The topological polar surface area (TPSA) is 72.5 Å². The first kappa shape index (κ1) is 17.7. The Morgan fingerprint density at radius 2 is 1.90 bits per heavy atom. The van der Waals surface area contributed by atoms with Crippen LogP contribution in [0.4, 0.5) is 0 Å². The Kier molecular flexibility index (Phi) is 6.77. The number of hydrogen-bond donors (Lipinski definition) is 1. The van der Waals surface area contributed by atoms with Crippen LogP contribution in [-0.4, -0.2) is 27.5 Å². The van der Waals surface area contributed by atoms with E-state index in [9.17, 15) is 13.2 Å². The number of halogens is 3. The van der Waals surface area contributed by atoms with Crippen LogP contribution in [0.1, 0.15) is 13.3 Å². The first-order chi connectivity index (χ1) is 9.25. The van der Waals surface area contributed by atoms with Gasteiger partial charge in [0.1, 0.15) is 5.75 Å². The normalized spacial score (nSPS) is 11.2. The molecule has 0 aromatic heterocycles. The SMILES string of the molecule is CCCNC(=O)COc1c(Br)cc(S(=O)(=O)Cl)cc1Br. The molecule has 20 heavy (non-hydrogen) atoms. The summed E-state index contributed by atoms with van der Waals surface area (Å²) in [7, 11) is 1.43. The average molecular weight is 450 g/mol. The summed E-state index contributed by atoms with van der Waals surface area (Å²) in [5, 5.41) is 2.67. The van der Waals surface area contributed by atoms with Crippen LogP contribution < -0.4 is 10.1 Å². The summed E-state index contributed by atoms with van der Waals surface area (Å²) >= 11 is 6.37. The van der Waals surface area contributed by atoms with E-state index in [0.717, 1.165) is 6.42 Å². The largest absolute Gasteiger partial charge is 0.481 e. The molecule has 0 bridgehead atoms. The molecule has 0 atom stereocenters. The second-order valence-corrected chi connectivity index (χ2v) is 8.07. The molecule has 0 saturated carbocycles. The molecular formula is C11H12Br2ClNO4S. The highest BCUT2D eigenvalue weighted by atomic mass is 79.9. The molecule has 0 radical (unpaired) electrons. The molecule has 9 heteroatoms.